The predicted octanol–water partition coefficient (Wildman–Crippen LogP) is 3.41. The molecule has 1 radical (unpaired) electrons. The Morgan fingerprint density at radius 1 is 1.20 bits per heavy atom. The van der Waals surface area contributed by atoms with Gasteiger partial charge in [0.2, 0.25) is 0 Å². The van der Waals surface area contributed by atoms with E-state index >= 15 is 0 Å². The number of hydrogen-bond donors (Lipinski definition) is 2. The molecule has 0 saturated carbocycles. The zero-order chi connectivity index (χ0) is 11.8. The summed E-state index contributed by atoms with van der Waals surface area (Å²) in [6.07, 6.45) is 5.21. The third-order valence-electron chi connectivity index (χ3n) is 1.54. The third-order valence-corrected chi connectivity index (χ3v) is 1.54. The van der Waals surface area contributed by atoms with Crippen LogP contribution in [0.2, 0.25) is 0 Å². The standard InChI is InChI=1S/C8H17.Nd.2HO2P/c1-4-6-7-8(3)5-2;;2*1-3-2/h8H,3-7H2,1-2H3;;2*(H,1,2)/q-1;+3;;. The van der Waals surface area contributed by atoms with Crippen LogP contribution in [0.5, 0.6) is 0 Å². The van der Waals surface area contributed by atoms with Crippen LogP contribution < -0.4 is 0 Å². The molecule has 0 spiro atoms. The van der Waals surface area contributed by atoms with E-state index in [9.17, 15) is 0 Å². The SMILES string of the molecule is O=PO.O=PO.[CH2-]C(CC)CCCC.[Nd+3]. The molecule has 0 fully saturated rings. The number of unbranched alkanes of at least 4 members (excludes halogenated alkanes) is 1. The molecule has 0 aliphatic rings. The molecule has 0 amide bonds. The van der Waals surface area contributed by atoms with Crippen molar-refractivity contribution in [2.24, 2.45) is 5.92 Å². The molecule has 0 bridgehead atoms. The van der Waals surface area contributed by atoms with E-state index in [0.29, 0.717) is 5.92 Å². The van der Waals surface area contributed by atoms with Crippen LogP contribution in [-0.2, 0) is 9.13 Å². The van der Waals surface area contributed by atoms with Crippen molar-refractivity contribution in [1.29, 1.82) is 0 Å². The average molecular weight is 385 g/mol. The fourth-order valence-corrected chi connectivity index (χ4v) is 0.697. The predicted molar refractivity (Wildman–Crippen MR) is 58.3 cm³/mol. The molecule has 15 heavy (non-hydrogen) atoms. The van der Waals surface area contributed by atoms with Gasteiger partial charge in [-0.3, -0.25) is 0 Å². The summed E-state index contributed by atoms with van der Waals surface area (Å²) in [6, 6.07) is 0. The summed E-state index contributed by atoms with van der Waals surface area (Å²) in [5.74, 6) is 0.704. The molecule has 0 aromatic rings. The fourth-order valence-electron chi connectivity index (χ4n) is 0.697. The Morgan fingerprint density at radius 3 is 1.73 bits per heavy atom. The second-order valence-electron chi connectivity index (χ2n) is 2.58. The van der Waals surface area contributed by atoms with Gasteiger partial charge in [-0.15, -0.1) is 0 Å². The second kappa shape index (κ2) is 29.5. The van der Waals surface area contributed by atoms with Crippen molar-refractivity contribution in [3.05, 3.63) is 6.92 Å². The number of rotatable bonds is 4. The first kappa shape index (κ1) is 25.3. The molecule has 7 heteroatoms. The first-order valence-electron chi connectivity index (χ1n) is 4.40. The van der Waals surface area contributed by atoms with Gasteiger partial charge in [0, 0.05) is 0 Å². The van der Waals surface area contributed by atoms with Crippen LogP contribution >= 0.6 is 17.4 Å². The van der Waals surface area contributed by atoms with E-state index in [1.807, 2.05) is 0 Å². The maximum absolute atomic E-state index is 8.46. The van der Waals surface area contributed by atoms with Gasteiger partial charge in [-0.1, -0.05) is 39.5 Å². The average Bonchev–Trinajstić information content (AvgIpc) is 2.16. The molecule has 0 aromatic carbocycles. The van der Waals surface area contributed by atoms with Crippen molar-refractivity contribution in [3.63, 3.8) is 0 Å². The third kappa shape index (κ3) is 50.3. The van der Waals surface area contributed by atoms with E-state index in [0.717, 1.165) is 0 Å². The Morgan fingerprint density at radius 2 is 1.53 bits per heavy atom. The molecule has 0 heterocycles. The van der Waals surface area contributed by atoms with Crippen LogP contribution in [-0.4, -0.2) is 9.79 Å². The minimum Gasteiger partial charge on any atom is -0.340 e. The smallest absolute Gasteiger partial charge is 0.340 e. The van der Waals surface area contributed by atoms with Gasteiger partial charge in [-0.05, 0) is 0 Å². The van der Waals surface area contributed by atoms with Gasteiger partial charge in [0.05, 0.1) is 0 Å². The first-order valence-corrected chi connectivity index (χ1v) is 5.93. The van der Waals surface area contributed by atoms with Gasteiger partial charge >= 0.3 is 58.2 Å². The van der Waals surface area contributed by atoms with Crippen molar-refractivity contribution in [1.82, 2.24) is 0 Å². The van der Waals surface area contributed by atoms with Gasteiger partial charge in [-0.2, -0.15) is 5.92 Å². The summed E-state index contributed by atoms with van der Waals surface area (Å²) in [5, 5.41) is 0. The van der Waals surface area contributed by atoms with Crippen LogP contribution in [0.3, 0.4) is 0 Å². The van der Waals surface area contributed by atoms with Gasteiger partial charge in [0.15, 0.2) is 0 Å². The molecular weight excluding hydrogens is 366 g/mol. The van der Waals surface area contributed by atoms with Crippen molar-refractivity contribution in [3.8, 4) is 0 Å². The zero-order valence-electron chi connectivity index (χ0n) is 9.22. The van der Waals surface area contributed by atoms with E-state index in [1.54, 1.807) is 0 Å². The molecule has 0 rings (SSSR count). The minimum absolute atomic E-state index is 0. The van der Waals surface area contributed by atoms with Gasteiger partial charge in [0.1, 0.15) is 0 Å². The Kier molecular flexibility index (Phi) is 49.9. The monoisotopic (exact) mass is 383 g/mol. The Hall–Kier alpha value is 1.47. The number of hydrogen-bond acceptors (Lipinski definition) is 2. The van der Waals surface area contributed by atoms with E-state index in [2.05, 4.69) is 20.8 Å². The van der Waals surface area contributed by atoms with Crippen molar-refractivity contribution < 1.29 is 59.8 Å². The maximum atomic E-state index is 8.46. The zero-order valence-corrected chi connectivity index (χ0v) is 14.2. The van der Waals surface area contributed by atoms with Crippen molar-refractivity contribution in [2.45, 2.75) is 39.5 Å². The van der Waals surface area contributed by atoms with Crippen molar-refractivity contribution >= 4 is 17.4 Å². The Labute approximate surface area is 128 Å². The van der Waals surface area contributed by atoms with Crippen LogP contribution in [0.25, 0.3) is 0 Å². The Balaban J connectivity index is -0.0000000733. The maximum Gasteiger partial charge on any atom is 3.00 e. The molecular formula is C8H19NdO4P2+2. The summed E-state index contributed by atoms with van der Waals surface area (Å²) < 4.78 is 16.9. The van der Waals surface area contributed by atoms with E-state index < -0.39 is 17.4 Å². The van der Waals surface area contributed by atoms with Crippen LogP contribution in [0.4, 0.5) is 0 Å². The van der Waals surface area contributed by atoms with Crippen molar-refractivity contribution in [2.75, 3.05) is 0 Å². The van der Waals surface area contributed by atoms with Gasteiger partial charge < -0.3 is 16.7 Å². The summed E-state index contributed by atoms with van der Waals surface area (Å²) in [7, 11) is -1.67. The second-order valence-corrected chi connectivity index (χ2v) is 2.91. The molecule has 1 atom stereocenters. The topological polar surface area (TPSA) is 74.6 Å². The van der Waals surface area contributed by atoms with Gasteiger partial charge in [-0.25, -0.2) is 9.13 Å². The van der Waals surface area contributed by atoms with Gasteiger partial charge in [0.25, 0.3) is 0 Å². The summed E-state index contributed by atoms with van der Waals surface area (Å²) >= 11 is 0. The first-order chi connectivity index (χ1) is 6.64. The molecule has 0 aliphatic carbocycles. The van der Waals surface area contributed by atoms with Crippen LogP contribution in [0.15, 0.2) is 0 Å². The van der Waals surface area contributed by atoms with Crippen LogP contribution in [0, 0.1) is 53.7 Å². The molecule has 0 saturated heterocycles. The minimum atomic E-state index is -0.833. The largest absolute Gasteiger partial charge is 3.00 e. The molecule has 87 valence electrons. The molecule has 2 N–H and O–H groups in total. The molecule has 1 unspecified atom stereocenters. The summed E-state index contributed by atoms with van der Waals surface area (Å²) in [6.45, 7) is 8.42. The fraction of sp³-hybridized carbons (Fsp3) is 0.875. The molecule has 0 aliphatic heterocycles. The van der Waals surface area contributed by atoms with E-state index in [-0.39, 0.29) is 40.8 Å². The normalized spacial score (nSPS) is 10.2. The molecule has 0 aromatic heterocycles. The summed E-state index contributed by atoms with van der Waals surface area (Å²) in [4.78, 5) is 14.0. The van der Waals surface area contributed by atoms with E-state index in [4.69, 9.17) is 18.9 Å². The summed E-state index contributed by atoms with van der Waals surface area (Å²) in [5.41, 5.74) is 0. The van der Waals surface area contributed by atoms with Crippen LogP contribution in [0.1, 0.15) is 39.5 Å². The molecule has 4 nitrogen and oxygen atoms in total. The van der Waals surface area contributed by atoms with E-state index in [1.165, 1.54) is 25.7 Å². The quantitative estimate of drug-likeness (QED) is 0.575. The Bertz CT molecular complexity index is 111.